The molecule has 2 heterocycles. The largest absolute Gasteiger partial charge is 0.347 e. The van der Waals surface area contributed by atoms with E-state index in [-0.39, 0.29) is 18.0 Å². The van der Waals surface area contributed by atoms with Crippen LogP contribution in [0.5, 0.6) is 0 Å². The first-order valence-electron chi connectivity index (χ1n) is 6.64. The van der Waals surface area contributed by atoms with Crippen LogP contribution in [0.1, 0.15) is 35.7 Å². The molecule has 2 atom stereocenters. The lowest BCUT2D eigenvalue weighted by Crippen LogP contribution is -2.38. The smallest absolute Gasteiger partial charge is 0.251 e. The maximum absolute atomic E-state index is 13.0. The lowest BCUT2D eigenvalue weighted by atomic mass is 10.1. The molecule has 0 saturated heterocycles. The normalized spacial score (nSPS) is 21.9. The first-order chi connectivity index (χ1) is 9.74. The van der Waals surface area contributed by atoms with E-state index in [1.807, 2.05) is 10.8 Å². The van der Waals surface area contributed by atoms with Crippen LogP contribution in [0.25, 0.3) is 0 Å². The Kier molecular flexibility index (Phi) is 3.45. The SMILES string of the molecule is O=C(NC1CCCC1n1ccnc1)c1ccnc(F)c1. The number of aromatic nitrogens is 3. The molecule has 5 nitrogen and oxygen atoms in total. The zero-order chi connectivity index (χ0) is 13.9. The molecule has 104 valence electrons. The molecule has 2 aromatic heterocycles. The van der Waals surface area contributed by atoms with Crippen LogP contribution in [-0.2, 0) is 0 Å². The van der Waals surface area contributed by atoms with Crippen LogP contribution in [0.2, 0.25) is 0 Å². The van der Waals surface area contributed by atoms with E-state index in [2.05, 4.69) is 15.3 Å². The molecule has 0 spiro atoms. The molecule has 1 fully saturated rings. The van der Waals surface area contributed by atoms with Crippen molar-refractivity contribution in [3.8, 4) is 0 Å². The van der Waals surface area contributed by atoms with Gasteiger partial charge in [-0.3, -0.25) is 4.79 Å². The molecule has 2 unspecified atom stereocenters. The first kappa shape index (κ1) is 12.8. The minimum atomic E-state index is -0.643. The summed E-state index contributed by atoms with van der Waals surface area (Å²) in [5.74, 6) is -0.904. The molecule has 0 radical (unpaired) electrons. The highest BCUT2D eigenvalue weighted by Crippen LogP contribution is 2.30. The van der Waals surface area contributed by atoms with Gasteiger partial charge in [0, 0.05) is 36.3 Å². The predicted octanol–water partition coefficient (Wildman–Crippen LogP) is 1.94. The van der Waals surface area contributed by atoms with Crippen molar-refractivity contribution in [1.29, 1.82) is 0 Å². The Morgan fingerprint density at radius 3 is 3.05 bits per heavy atom. The van der Waals surface area contributed by atoms with Crippen LogP contribution < -0.4 is 5.32 Å². The average molecular weight is 274 g/mol. The van der Waals surface area contributed by atoms with Crippen LogP contribution in [-0.4, -0.2) is 26.5 Å². The van der Waals surface area contributed by atoms with Gasteiger partial charge in [0.15, 0.2) is 0 Å². The van der Waals surface area contributed by atoms with Gasteiger partial charge in [0.25, 0.3) is 5.91 Å². The fourth-order valence-corrected chi connectivity index (χ4v) is 2.73. The lowest BCUT2D eigenvalue weighted by Gasteiger charge is -2.22. The van der Waals surface area contributed by atoms with E-state index in [1.54, 1.807) is 12.5 Å². The van der Waals surface area contributed by atoms with Gasteiger partial charge in [-0.1, -0.05) is 0 Å². The van der Waals surface area contributed by atoms with Gasteiger partial charge in [-0.2, -0.15) is 4.39 Å². The standard InChI is InChI=1S/C14H15FN4O/c15-13-8-10(4-5-17-13)14(20)18-11-2-1-3-12(11)19-7-6-16-9-19/h4-9,11-12H,1-3H2,(H,18,20). The third kappa shape index (κ3) is 2.54. The number of imidazole rings is 1. The zero-order valence-corrected chi connectivity index (χ0v) is 10.9. The topological polar surface area (TPSA) is 59.8 Å². The molecule has 1 saturated carbocycles. The van der Waals surface area contributed by atoms with Gasteiger partial charge >= 0.3 is 0 Å². The molecule has 0 bridgehead atoms. The quantitative estimate of drug-likeness (QED) is 0.870. The number of carbonyl (C=O) groups excluding carboxylic acids is 1. The highest BCUT2D eigenvalue weighted by atomic mass is 19.1. The summed E-state index contributed by atoms with van der Waals surface area (Å²) in [5, 5.41) is 2.98. The van der Waals surface area contributed by atoms with Crippen molar-refractivity contribution in [2.75, 3.05) is 0 Å². The van der Waals surface area contributed by atoms with Gasteiger partial charge in [0.1, 0.15) is 0 Å². The van der Waals surface area contributed by atoms with Crippen molar-refractivity contribution >= 4 is 5.91 Å². The molecule has 6 heteroatoms. The molecule has 2 aromatic rings. The van der Waals surface area contributed by atoms with E-state index < -0.39 is 5.95 Å². The Hall–Kier alpha value is -2.24. The molecule has 0 aliphatic heterocycles. The van der Waals surface area contributed by atoms with Gasteiger partial charge in [-0.25, -0.2) is 9.97 Å². The Balaban J connectivity index is 1.72. The van der Waals surface area contributed by atoms with E-state index in [0.717, 1.165) is 25.3 Å². The monoisotopic (exact) mass is 274 g/mol. The van der Waals surface area contributed by atoms with Crippen LogP contribution in [0.4, 0.5) is 4.39 Å². The maximum Gasteiger partial charge on any atom is 0.251 e. The van der Waals surface area contributed by atoms with Gasteiger partial charge in [0.2, 0.25) is 5.95 Å². The van der Waals surface area contributed by atoms with E-state index in [1.165, 1.54) is 12.3 Å². The van der Waals surface area contributed by atoms with E-state index in [4.69, 9.17) is 0 Å². The van der Waals surface area contributed by atoms with Crippen molar-refractivity contribution in [1.82, 2.24) is 19.9 Å². The highest BCUT2D eigenvalue weighted by Gasteiger charge is 2.29. The molecule has 20 heavy (non-hydrogen) atoms. The molecule has 3 rings (SSSR count). The summed E-state index contributed by atoms with van der Waals surface area (Å²) in [6.45, 7) is 0. The number of nitrogens with one attached hydrogen (secondary N) is 1. The van der Waals surface area contributed by atoms with Crippen molar-refractivity contribution in [3.63, 3.8) is 0 Å². The Morgan fingerprint density at radius 1 is 1.40 bits per heavy atom. The first-order valence-corrected chi connectivity index (χ1v) is 6.64. The second-order valence-corrected chi connectivity index (χ2v) is 4.96. The summed E-state index contributed by atoms with van der Waals surface area (Å²) in [4.78, 5) is 19.6. The third-order valence-electron chi connectivity index (χ3n) is 3.69. The summed E-state index contributed by atoms with van der Waals surface area (Å²) in [7, 11) is 0. The summed E-state index contributed by atoms with van der Waals surface area (Å²) < 4.78 is 15.1. The number of rotatable bonds is 3. The molecule has 1 amide bonds. The van der Waals surface area contributed by atoms with E-state index in [9.17, 15) is 9.18 Å². The number of pyridine rings is 1. The number of hydrogen-bond acceptors (Lipinski definition) is 3. The van der Waals surface area contributed by atoms with Crippen molar-refractivity contribution in [2.24, 2.45) is 0 Å². The minimum Gasteiger partial charge on any atom is -0.347 e. The fourth-order valence-electron chi connectivity index (χ4n) is 2.73. The summed E-state index contributed by atoms with van der Waals surface area (Å²) >= 11 is 0. The summed E-state index contributed by atoms with van der Waals surface area (Å²) in [6.07, 6.45) is 9.68. The second-order valence-electron chi connectivity index (χ2n) is 4.96. The Morgan fingerprint density at radius 2 is 2.30 bits per heavy atom. The molecule has 1 N–H and O–H groups in total. The molecule has 0 aromatic carbocycles. The van der Waals surface area contributed by atoms with Gasteiger partial charge in [-0.05, 0) is 25.3 Å². The third-order valence-corrected chi connectivity index (χ3v) is 3.69. The molecular weight excluding hydrogens is 259 g/mol. The molecule has 1 aliphatic carbocycles. The Labute approximate surface area is 115 Å². The molecular formula is C14H15FN4O. The van der Waals surface area contributed by atoms with Gasteiger partial charge < -0.3 is 9.88 Å². The van der Waals surface area contributed by atoms with Gasteiger partial charge in [-0.15, -0.1) is 0 Å². The van der Waals surface area contributed by atoms with Crippen LogP contribution >= 0.6 is 0 Å². The predicted molar refractivity (Wildman–Crippen MR) is 70.6 cm³/mol. The van der Waals surface area contributed by atoms with E-state index >= 15 is 0 Å². The number of nitrogens with zero attached hydrogens (tertiary/aromatic N) is 3. The van der Waals surface area contributed by atoms with Crippen LogP contribution in [0.3, 0.4) is 0 Å². The van der Waals surface area contributed by atoms with E-state index in [0.29, 0.717) is 5.56 Å². The number of carbonyl (C=O) groups is 1. The van der Waals surface area contributed by atoms with Crippen LogP contribution in [0, 0.1) is 5.95 Å². The van der Waals surface area contributed by atoms with Crippen molar-refractivity contribution in [3.05, 3.63) is 48.6 Å². The Bertz CT molecular complexity index is 599. The van der Waals surface area contributed by atoms with Gasteiger partial charge in [0.05, 0.1) is 12.4 Å². The number of hydrogen-bond donors (Lipinski definition) is 1. The summed E-state index contributed by atoms with van der Waals surface area (Å²) in [6, 6.07) is 2.93. The fraction of sp³-hybridized carbons (Fsp3) is 0.357. The zero-order valence-electron chi connectivity index (χ0n) is 10.9. The van der Waals surface area contributed by atoms with Crippen molar-refractivity contribution < 1.29 is 9.18 Å². The average Bonchev–Trinajstić information content (AvgIpc) is 3.08. The number of amides is 1. The second kappa shape index (κ2) is 5.40. The van der Waals surface area contributed by atoms with Crippen LogP contribution in [0.15, 0.2) is 37.1 Å². The lowest BCUT2D eigenvalue weighted by molar-refractivity contribution is 0.0928. The molecule has 1 aliphatic rings. The minimum absolute atomic E-state index is 0.0490. The maximum atomic E-state index is 13.0. The highest BCUT2D eigenvalue weighted by molar-refractivity contribution is 5.94. The number of halogens is 1. The summed E-state index contributed by atoms with van der Waals surface area (Å²) in [5.41, 5.74) is 0.300. The van der Waals surface area contributed by atoms with Crippen molar-refractivity contribution in [2.45, 2.75) is 31.3 Å².